The highest BCUT2D eigenvalue weighted by Gasteiger charge is 2.28. The lowest BCUT2D eigenvalue weighted by molar-refractivity contribution is -0.385. The number of likely N-dealkylation sites (N-methyl/N-ethyl adjacent to an activating group) is 1. The van der Waals surface area contributed by atoms with Gasteiger partial charge in [0.05, 0.1) is 4.92 Å². The summed E-state index contributed by atoms with van der Waals surface area (Å²) in [5.74, 6) is -2.04. The fraction of sp³-hybridized carbons (Fsp3) is 0.200. The standard InChI is InChI=1S/C30H25Cl2N3O9/c1-3-34(4-2)28(36)22(16-33)13-19-14-25(35(39)40)27(44-30(38)42-18-21-10-6-8-12-24(21)32)26(15-19)43-29(37)41-17-20-9-5-7-11-23(20)31/h5-15H,3-4,17-18H2,1-2H3/b22-13+. The number of nitro benzene ring substituents is 1. The predicted octanol–water partition coefficient (Wildman–Crippen LogP) is 7.11. The van der Waals surface area contributed by atoms with Crippen LogP contribution in [0.1, 0.15) is 30.5 Å². The van der Waals surface area contributed by atoms with Crippen molar-refractivity contribution in [2.45, 2.75) is 27.1 Å². The summed E-state index contributed by atoms with van der Waals surface area (Å²) in [4.78, 5) is 50.6. The quantitative estimate of drug-likeness (QED) is 0.0527. The van der Waals surface area contributed by atoms with Crippen molar-refractivity contribution in [3.05, 3.63) is 103 Å². The van der Waals surface area contributed by atoms with E-state index in [1.807, 2.05) is 0 Å². The molecule has 0 atom stereocenters. The lowest BCUT2D eigenvalue weighted by atomic mass is 10.1. The molecule has 0 bridgehead atoms. The van der Waals surface area contributed by atoms with Crippen molar-refractivity contribution >= 4 is 53.2 Å². The first-order chi connectivity index (χ1) is 21.1. The van der Waals surface area contributed by atoms with Gasteiger partial charge in [0.15, 0.2) is 5.75 Å². The molecular formula is C30H25Cl2N3O9. The Balaban J connectivity index is 1.99. The molecule has 0 N–H and O–H groups in total. The third-order valence-corrected chi connectivity index (χ3v) is 6.69. The molecule has 0 radical (unpaired) electrons. The van der Waals surface area contributed by atoms with Crippen LogP contribution < -0.4 is 9.47 Å². The van der Waals surface area contributed by atoms with Gasteiger partial charge in [0, 0.05) is 40.3 Å². The van der Waals surface area contributed by atoms with Crippen LogP contribution in [-0.4, -0.2) is 41.1 Å². The van der Waals surface area contributed by atoms with Crippen LogP contribution in [0.25, 0.3) is 6.08 Å². The fourth-order valence-corrected chi connectivity index (χ4v) is 4.11. The summed E-state index contributed by atoms with van der Waals surface area (Å²) < 4.78 is 20.5. The number of hydrogen-bond donors (Lipinski definition) is 0. The molecule has 3 aromatic carbocycles. The van der Waals surface area contributed by atoms with Gasteiger partial charge in [0.1, 0.15) is 24.9 Å². The van der Waals surface area contributed by atoms with E-state index in [0.29, 0.717) is 34.3 Å². The normalized spacial score (nSPS) is 10.8. The van der Waals surface area contributed by atoms with Gasteiger partial charge in [-0.2, -0.15) is 5.26 Å². The molecule has 0 aliphatic carbocycles. The maximum absolute atomic E-state index is 12.8. The zero-order chi connectivity index (χ0) is 32.2. The van der Waals surface area contributed by atoms with E-state index in [9.17, 15) is 29.8 Å². The predicted molar refractivity (Wildman–Crippen MR) is 159 cm³/mol. The van der Waals surface area contributed by atoms with Crippen molar-refractivity contribution in [2.75, 3.05) is 13.1 Å². The monoisotopic (exact) mass is 641 g/mol. The number of carbonyl (C=O) groups excluding carboxylic acids is 3. The van der Waals surface area contributed by atoms with Gasteiger partial charge in [-0.05, 0) is 43.7 Å². The Labute approximate surface area is 262 Å². The second kappa shape index (κ2) is 15.9. The van der Waals surface area contributed by atoms with Crippen LogP contribution in [-0.2, 0) is 27.5 Å². The molecule has 0 unspecified atom stereocenters. The van der Waals surface area contributed by atoms with Crippen LogP contribution in [0.5, 0.6) is 11.5 Å². The number of nitro groups is 1. The maximum Gasteiger partial charge on any atom is 0.514 e. The summed E-state index contributed by atoms with van der Waals surface area (Å²) in [7, 11) is 0. The third kappa shape index (κ3) is 8.94. The average Bonchev–Trinajstić information content (AvgIpc) is 3.00. The van der Waals surface area contributed by atoms with E-state index in [1.165, 1.54) is 4.90 Å². The number of nitriles is 1. The molecule has 44 heavy (non-hydrogen) atoms. The van der Waals surface area contributed by atoms with Gasteiger partial charge in [-0.25, -0.2) is 9.59 Å². The number of benzene rings is 3. The molecule has 3 rings (SSSR count). The van der Waals surface area contributed by atoms with E-state index in [4.69, 9.17) is 42.1 Å². The van der Waals surface area contributed by atoms with Gasteiger partial charge in [0.25, 0.3) is 11.7 Å². The molecule has 12 nitrogen and oxygen atoms in total. The number of hydrogen-bond acceptors (Lipinski definition) is 10. The Morgan fingerprint density at radius 1 is 0.909 bits per heavy atom. The van der Waals surface area contributed by atoms with Crippen LogP contribution in [0.15, 0.2) is 66.2 Å². The summed E-state index contributed by atoms with van der Waals surface area (Å²) in [6.45, 7) is 3.42. The number of rotatable bonds is 11. The molecule has 0 aliphatic heterocycles. The van der Waals surface area contributed by atoms with E-state index in [1.54, 1.807) is 68.4 Å². The Bertz CT molecular complexity index is 1630. The number of ether oxygens (including phenoxy) is 4. The number of halogens is 2. The molecule has 228 valence electrons. The minimum Gasteiger partial charge on any atom is -0.429 e. The Hall–Kier alpha value is -5.12. The fourth-order valence-electron chi connectivity index (χ4n) is 3.73. The highest BCUT2D eigenvalue weighted by atomic mass is 35.5. The third-order valence-electron chi connectivity index (χ3n) is 5.95. The first-order valence-corrected chi connectivity index (χ1v) is 13.7. The SMILES string of the molecule is CCN(CC)C(=O)/C(C#N)=C/c1cc(OC(=O)OCc2ccccc2Cl)c(OC(=O)OCc2ccccc2Cl)c([N+](=O)[O-])c1. The minimum atomic E-state index is -1.37. The lowest BCUT2D eigenvalue weighted by Crippen LogP contribution is -2.31. The Morgan fingerprint density at radius 2 is 1.43 bits per heavy atom. The summed E-state index contributed by atoms with van der Waals surface area (Å²) in [6, 6.07) is 16.8. The minimum absolute atomic E-state index is 0.0838. The van der Waals surface area contributed by atoms with Gasteiger partial charge in [-0.1, -0.05) is 59.6 Å². The molecule has 0 aliphatic rings. The van der Waals surface area contributed by atoms with Crippen LogP contribution in [0.2, 0.25) is 10.0 Å². The van der Waals surface area contributed by atoms with Gasteiger partial charge in [-0.15, -0.1) is 0 Å². The molecule has 3 aromatic rings. The van der Waals surface area contributed by atoms with E-state index < -0.39 is 40.3 Å². The van der Waals surface area contributed by atoms with Crippen LogP contribution >= 0.6 is 23.2 Å². The molecule has 0 saturated heterocycles. The van der Waals surface area contributed by atoms with Crippen molar-refractivity contribution in [3.63, 3.8) is 0 Å². The topological polar surface area (TPSA) is 158 Å². The first kappa shape index (κ1) is 33.4. The molecule has 0 heterocycles. The number of nitrogens with zero attached hydrogens (tertiary/aromatic N) is 3. The van der Waals surface area contributed by atoms with E-state index in [-0.39, 0.29) is 24.4 Å². The van der Waals surface area contributed by atoms with Crippen LogP contribution in [0.4, 0.5) is 15.3 Å². The number of amides is 1. The highest BCUT2D eigenvalue weighted by molar-refractivity contribution is 6.31. The lowest BCUT2D eigenvalue weighted by Gasteiger charge is -2.17. The largest absolute Gasteiger partial charge is 0.514 e. The number of carbonyl (C=O) groups is 3. The molecule has 0 fully saturated rings. The second-order valence-corrected chi connectivity index (χ2v) is 9.55. The van der Waals surface area contributed by atoms with E-state index in [0.717, 1.165) is 18.2 Å². The van der Waals surface area contributed by atoms with Crippen molar-refractivity contribution in [1.82, 2.24) is 4.90 Å². The summed E-state index contributed by atoms with van der Waals surface area (Å²) in [5.41, 5.74) is -0.387. The first-order valence-electron chi connectivity index (χ1n) is 13.0. The second-order valence-electron chi connectivity index (χ2n) is 8.74. The molecule has 0 spiro atoms. The maximum atomic E-state index is 12.8. The Kier molecular flexibility index (Phi) is 12.1. The molecule has 1 amide bonds. The van der Waals surface area contributed by atoms with E-state index >= 15 is 0 Å². The molecule has 14 heteroatoms. The van der Waals surface area contributed by atoms with Gasteiger partial charge < -0.3 is 23.8 Å². The molecule has 0 saturated carbocycles. The van der Waals surface area contributed by atoms with Crippen molar-refractivity contribution in [1.29, 1.82) is 5.26 Å². The van der Waals surface area contributed by atoms with Crippen LogP contribution in [0.3, 0.4) is 0 Å². The van der Waals surface area contributed by atoms with Gasteiger partial charge >= 0.3 is 18.0 Å². The summed E-state index contributed by atoms with van der Waals surface area (Å²) >= 11 is 12.2. The van der Waals surface area contributed by atoms with Gasteiger partial charge in [0.2, 0.25) is 0 Å². The summed E-state index contributed by atoms with van der Waals surface area (Å²) in [5, 5.41) is 22.3. The zero-order valence-corrected chi connectivity index (χ0v) is 25.0. The van der Waals surface area contributed by atoms with Crippen molar-refractivity contribution in [3.8, 4) is 17.6 Å². The molecular weight excluding hydrogens is 617 g/mol. The highest BCUT2D eigenvalue weighted by Crippen LogP contribution is 2.40. The van der Waals surface area contributed by atoms with Crippen molar-refractivity contribution < 1.29 is 38.3 Å². The zero-order valence-electron chi connectivity index (χ0n) is 23.5. The summed E-state index contributed by atoms with van der Waals surface area (Å²) in [6.07, 6.45) is -1.62. The average molecular weight is 642 g/mol. The van der Waals surface area contributed by atoms with Gasteiger partial charge in [-0.3, -0.25) is 14.9 Å². The Morgan fingerprint density at radius 3 is 1.91 bits per heavy atom. The molecule has 0 aromatic heterocycles. The van der Waals surface area contributed by atoms with Crippen molar-refractivity contribution in [2.24, 2.45) is 0 Å². The van der Waals surface area contributed by atoms with Crippen LogP contribution in [0, 0.1) is 21.4 Å². The smallest absolute Gasteiger partial charge is 0.429 e. The van der Waals surface area contributed by atoms with E-state index in [2.05, 4.69) is 0 Å².